The zero-order chi connectivity index (χ0) is 18.1. The first kappa shape index (κ1) is 23.1. The first-order valence-electron chi connectivity index (χ1n) is 9.16. The van der Waals surface area contributed by atoms with Gasteiger partial charge in [0.05, 0.1) is 33.0 Å². The van der Waals surface area contributed by atoms with Crippen molar-refractivity contribution in [1.29, 1.82) is 0 Å². The van der Waals surface area contributed by atoms with Crippen molar-refractivity contribution in [3.8, 4) is 0 Å². The largest absolute Gasteiger partial charge is 0.444 e. The minimum absolute atomic E-state index is 0.422. The van der Waals surface area contributed by atoms with E-state index in [9.17, 15) is 4.79 Å². The standard InChI is InChI=1S/C18H37NO5/c1-5-6-7-8-9-11-21-13-15-23-16-14-22-12-10-19-17(20)24-18(2,3)4/h5-16H2,1-4H3,(H,19,20). The van der Waals surface area contributed by atoms with Crippen LogP contribution in [0.3, 0.4) is 0 Å². The number of carbonyl (C=O) groups is 1. The number of nitrogens with one attached hydrogen (secondary N) is 1. The van der Waals surface area contributed by atoms with Crippen molar-refractivity contribution in [2.75, 3.05) is 46.2 Å². The van der Waals surface area contributed by atoms with Crippen molar-refractivity contribution in [3.05, 3.63) is 0 Å². The van der Waals surface area contributed by atoms with Crippen LogP contribution < -0.4 is 5.32 Å². The molecule has 1 N–H and O–H groups in total. The van der Waals surface area contributed by atoms with E-state index in [0.717, 1.165) is 13.0 Å². The van der Waals surface area contributed by atoms with Crippen LogP contribution in [0.4, 0.5) is 4.79 Å². The molecule has 0 saturated carbocycles. The average molecular weight is 347 g/mol. The van der Waals surface area contributed by atoms with Gasteiger partial charge in [0.25, 0.3) is 0 Å². The number of carbonyl (C=O) groups excluding carboxylic acids is 1. The predicted octanol–water partition coefficient (Wildman–Crippen LogP) is 3.53. The van der Waals surface area contributed by atoms with Crippen molar-refractivity contribution >= 4 is 6.09 Å². The Morgan fingerprint density at radius 3 is 1.92 bits per heavy atom. The van der Waals surface area contributed by atoms with Crippen LogP contribution in [0, 0.1) is 0 Å². The van der Waals surface area contributed by atoms with E-state index in [0.29, 0.717) is 39.6 Å². The summed E-state index contributed by atoms with van der Waals surface area (Å²) < 4.78 is 21.4. The molecule has 144 valence electrons. The number of ether oxygens (including phenoxy) is 4. The Kier molecular flexibility index (Phi) is 15.1. The number of amides is 1. The minimum atomic E-state index is -0.476. The van der Waals surface area contributed by atoms with Crippen LogP contribution >= 0.6 is 0 Å². The van der Waals surface area contributed by atoms with E-state index in [2.05, 4.69) is 12.2 Å². The van der Waals surface area contributed by atoms with Crippen LogP contribution in [-0.4, -0.2) is 57.9 Å². The van der Waals surface area contributed by atoms with E-state index in [-0.39, 0.29) is 0 Å². The van der Waals surface area contributed by atoms with Crippen molar-refractivity contribution in [2.24, 2.45) is 0 Å². The van der Waals surface area contributed by atoms with Crippen molar-refractivity contribution in [3.63, 3.8) is 0 Å². The Hall–Kier alpha value is -0.850. The molecule has 0 aliphatic rings. The number of hydrogen-bond donors (Lipinski definition) is 1. The summed E-state index contributed by atoms with van der Waals surface area (Å²) in [6.07, 6.45) is 5.85. The lowest BCUT2D eigenvalue weighted by molar-refractivity contribution is 0.0133. The van der Waals surface area contributed by atoms with E-state index in [1.807, 2.05) is 20.8 Å². The number of unbranched alkanes of at least 4 members (excludes halogenated alkanes) is 4. The molecule has 0 atom stereocenters. The summed E-state index contributed by atoms with van der Waals surface area (Å²) in [5.74, 6) is 0. The Bertz CT molecular complexity index is 292. The van der Waals surface area contributed by atoms with Crippen LogP contribution in [-0.2, 0) is 18.9 Å². The van der Waals surface area contributed by atoms with Gasteiger partial charge in [0.2, 0.25) is 0 Å². The second-order valence-corrected chi connectivity index (χ2v) is 6.68. The smallest absolute Gasteiger partial charge is 0.407 e. The third kappa shape index (κ3) is 19.2. The summed E-state index contributed by atoms with van der Waals surface area (Å²) in [6.45, 7) is 11.7. The molecule has 24 heavy (non-hydrogen) atoms. The van der Waals surface area contributed by atoms with E-state index >= 15 is 0 Å². The predicted molar refractivity (Wildman–Crippen MR) is 95.5 cm³/mol. The number of rotatable bonds is 15. The molecule has 0 aliphatic carbocycles. The molecule has 0 aliphatic heterocycles. The molecular formula is C18H37NO5. The van der Waals surface area contributed by atoms with Gasteiger partial charge in [0.15, 0.2) is 0 Å². The van der Waals surface area contributed by atoms with Gasteiger partial charge in [0.1, 0.15) is 5.60 Å². The molecular weight excluding hydrogens is 310 g/mol. The van der Waals surface area contributed by atoms with Crippen LogP contribution in [0.5, 0.6) is 0 Å². The molecule has 0 radical (unpaired) electrons. The maximum Gasteiger partial charge on any atom is 0.407 e. The number of hydrogen-bond acceptors (Lipinski definition) is 5. The zero-order valence-electron chi connectivity index (χ0n) is 16.0. The monoisotopic (exact) mass is 347 g/mol. The van der Waals surface area contributed by atoms with Gasteiger partial charge in [-0.15, -0.1) is 0 Å². The lowest BCUT2D eigenvalue weighted by Crippen LogP contribution is -2.34. The molecule has 6 heteroatoms. The maximum absolute atomic E-state index is 11.4. The summed E-state index contributed by atoms with van der Waals surface area (Å²) in [5, 5.41) is 2.64. The molecule has 0 saturated heterocycles. The van der Waals surface area contributed by atoms with Crippen LogP contribution in [0.2, 0.25) is 0 Å². The summed E-state index contributed by atoms with van der Waals surface area (Å²) in [7, 11) is 0. The maximum atomic E-state index is 11.4. The Balaban J connectivity index is 3.14. The lowest BCUT2D eigenvalue weighted by Gasteiger charge is -2.19. The fourth-order valence-electron chi connectivity index (χ4n) is 1.89. The lowest BCUT2D eigenvalue weighted by atomic mass is 10.2. The molecule has 6 nitrogen and oxygen atoms in total. The molecule has 0 aromatic carbocycles. The van der Waals surface area contributed by atoms with Gasteiger partial charge < -0.3 is 24.3 Å². The van der Waals surface area contributed by atoms with Crippen molar-refractivity contribution < 1.29 is 23.7 Å². The van der Waals surface area contributed by atoms with E-state index in [1.54, 1.807) is 0 Å². The van der Waals surface area contributed by atoms with E-state index in [1.165, 1.54) is 25.7 Å². The van der Waals surface area contributed by atoms with Crippen LogP contribution in [0.25, 0.3) is 0 Å². The normalized spacial score (nSPS) is 11.5. The fourth-order valence-corrected chi connectivity index (χ4v) is 1.89. The van der Waals surface area contributed by atoms with Gasteiger partial charge in [-0.05, 0) is 27.2 Å². The fraction of sp³-hybridized carbons (Fsp3) is 0.944. The van der Waals surface area contributed by atoms with Gasteiger partial charge in [0, 0.05) is 13.2 Å². The van der Waals surface area contributed by atoms with Gasteiger partial charge >= 0.3 is 6.09 Å². The Morgan fingerprint density at radius 1 is 0.792 bits per heavy atom. The topological polar surface area (TPSA) is 66.0 Å². The van der Waals surface area contributed by atoms with Crippen LogP contribution in [0.1, 0.15) is 59.8 Å². The highest BCUT2D eigenvalue weighted by Crippen LogP contribution is 2.06. The van der Waals surface area contributed by atoms with Gasteiger partial charge in [-0.1, -0.05) is 32.6 Å². The molecule has 0 heterocycles. The van der Waals surface area contributed by atoms with Crippen molar-refractivity contribution in [1.82, 2.24) is 5.32 Å². The minimum Gasteiger partial charge on any atom is -0.444 e. The Labute approximate surface area is 147 Å². The molecule has 0 unspecified atom stereocenters. The van der Waals surface area contributed by atoms with Gasteiger partial charge in [-0.25, -0.2) is 4.79 Å². The molecule has 0 aromatic heterocycles. The molecule has 0 fully saturated rings. The first-order chi connectivity index (χ1) is 11.5. The highest BCUT2D eigenvalue weighted by atomic mass is 16.6. The molecule has 0 aromatic rings. The average Bonchev–Trinajstić information content (AvgIpc) is 2.49. The summed E-state index contributed by atoms with van der Waals surface area (Å²) >= 11 is 0. The zero-order valence-corrected chi connectivity index (χ0v) is 16.0. The summed E-state index contributed by atoms with van der Waals surface area (Å²) in [6, 6.07) is 0. The first-order valence-corrected chi connectivity index (χ1v) is 9.16. The molecule has 0 rings (SSSR count). The molecule has 0 spiro atoms. The van der Waals surface area contributed by atoms with Crippen LogP contribution in [0.15, 0.2) is 0 Å². The summed E-state index contributed by atoms with van der Waals surface area (Å²) in [4.78, 5) is 11.4. The Morgan fingerprint density at radius 2 is 1.33 bits per heavy atom. The quantitative estimate of drug-likeness (QED) is 0.459. The third-order valence-electron chi connectivity index (χ3n) is 3.05. The summed E-state index contributed by atoms with van der Waals surface area (Å²) in [5.41, 5.74) is -0.476. The molecule has 1 amide bonds. The number of alkyl carbamates (subject to hydrolysis) is 1. The highest BCUT2D eigenvalue weighted by molar-refractivity contribution is 5.67. The SMILES string of the molecule is CCCCCCCOCCOCCOCCNC(=O)OC(C)(C)C. The highest BCUT2D eigenvalue weighted by Gasteiger charge is 2.15. The van der Waals surface area contributed by atoms with Crippen molar-refractivity contribution in [2.45, 2.75) is 65.4 Å². The third-order valence-corrected chi connectivity index (χ3v) is 3.05. The van der Waals surface area contributed by atoms with Gasteiger partial charge in [-0.2, -0.15) is 0 Å². The second-order valence-electron chi connectivity index (χ2n) is 6.68. The van der Waals surface area contributed by atoms with E-state index < -0.39 is 11.7 Å². The molecule has 0 bridgehead atoms. The van der Waals surface area contributed by atoms with Gasteiger partial charge in [-0.3, -0.25) is 0 Å². The van der Waals surface area contributed by atoms with E-state index in [4.69, 9.17) is 18.9 Å². The second kappa shape index (κ2) is 15.7.